The van der Waals surface area contributed by atoms with Crippen molar-refractivity contribution in [2.45, 2.75) is 13.1 Å². The molecular weight excluding hydrogens is 405 g/mol. The van der Waals surface area contributed by atoms with E-state index in [9.17, 15) is 13.2 Å². The van der Waals surface area contributed by atoms with Crippen molar-refractivity contribution >= 4 is 51.0 Å². The van der Waals surface area contributed by atoms with Gasteiger partial charge in [-0.05, 0) is 25.1 Å². The fraction of sp³-hybridized carbons (Fsp3) is 0.222. The number of anilines is 1. The molecule has 0 aliphatic carbocycles. The highest BCUT2D eigenvalue weighted by atomic mass is 35.5. The van der Waals surface area contributed by atoms with Gasteiger partial charge >= 0.3 is 22.7 Å². The Morgan fingerprint density at radius 1 is 1.17 bits per heavy atom. The quantitative estimate of drug-likeness (QED) is 0.349. The molecule has 1 aromatic rings. The first kappa shape index (κ1) is 24.7. The highest BCUT2D eigenvalue weighted by molar-refractivity contribution is 7.80. The first-order chi connectivity index (χ1) is 10.3. The van der Waals surface area contributed by atoms with Crippen LogP contribution in [0.5, 0.6) is 0 Å². The van der Waals surface area contributed by atoms with Crippen LogP contribution in [0.4, 0.5) is 18.9 Å². The van der Waals surface area contributed by atoms with Crippen LogP contribution in [0, 0.1) is 0 Å². The lowest BCUT2D eigenvalue weighted by Gasteiger charge is -2.11. The summed E-state index contributed by atoms with van der Waals surface area (Å²) in [6.07, 6.45) is -4.45. The molecule has 0 aliphatic rings. The predicted octanol–water partition coefficient (Wildman–Crippen LogP) is 2.84. The van der Waals surface area contributed by atoms with Gasteiger partial charge in [0.05, 0.1) is 15.6 Å². The van der Waals surface area contributed by atoms with Crippen LogP contribution >= 0.6 is 40.3 Å². The maximum Gasteiger partial charge on any atom is 0.417 e. The third-order valence-electron chi connectivity index (χ3n) is 1.59. The first-order valence-electron chi connectivity index (χ1n) is 5.25. The Balaban J connectivity index is 0. The summed E-state index contributed by atoms with van der Waals surface area (Å²) in [5.74, 6) is 0. The highest BCUT2D eigenvalue weighted by Crippen LogP contribution is 2.36. The second-order valence-electron chi connectivity index (χ2n) is 3.44. The summed E-state index contributed by atoms with van der Waals surface area (Å²) in [5, 5.41) is 2.29. The van der Waals surface area contributed by atoms with Gasteiger partial charge in [-0.3, -0.25) is 9.13 Å². The molecule has 5 N–H and O–H groups in total. The van der Waals surface area contributed by atoms with E-state index in [1.165, 1.54) is 12.1 Å². The smallest absolute Gasteiger partial charge is 0.350 e. The van der Waals surface area contributed by atoms with Crippen molar-refractivity contribution in [3.05, 3.63) is 28.8 Å². The molecule has 7 nitrogen and oxygen atoms in total. The summed E-state index contributed by atoms with van der Waals surface area (Å²) >= 11 is 10.2. The minimum Gasteiger partial charge on any atom is -0.350 e. The van der Waals surface area contributed by atoms with Crippen LogP contribution in [0.1, 0.15) is 12.5 Å². The Hall–Kier alpha value is -0.510. The molecule has 0 heterocycles. The lowest BCUT2D eigenvalue weighted by molar-refractivity contribution is -0.137. The van der Waals surface area contributed by atoms with Crippen LogP contribution in [-0.4, -0.2) is 24.6 Å². The molecular formula is C9H13ClF3NO6P2S. The molecule has 0 aromatic heterocycles. The second-order valence-corrected chi connectivity index (χ2v) is 5.59. The van der Waals surface area contributed by atoms with Gasteiger partial charge in [-0.15, -0.1) is 0 Å². The number of rotatable bonds is 1. The summed E-state index contributed by atoms with van der Waals surface area (Å²) < 4.78 is 54.7. The topological polar surface area (TPSA) is 127 Å². The van der Waals surface area contributed by atoms with Crippen LogP contribution in [-0.2, 0) is 15.3 Å². The standard InChI is InChI=1S/C9H7ClF3NS.2H3O3P/c1-5(15)14-6-2-3-8(10)7(4-6)9(11,12)13;2*1-4(2)3/h2-4H,1H3,(H,14,15);2*4H,(H2,1,2,3). The maximum atomic E-state index is 12.4. The minimum absolute atomic E-state index is 0.277. The average molecular weight is 418 g/mol. The van der Waals surface area contributed by atoms with Gasteiger partial charge in [0.2, 0.25) is 0 Å². The Morgan fingerprint density at radius 2 is 1.57 bits per heavy atom. The summed E-state index contributed by atoms with van der Waals surface area (Å²) in [7, 11) is -6.26. The van der Waals surface area contributed by atoms with Crippen LogP contribution in [0.2, 0.25) is 5.02 Å². The zero-order valence-electron chi connectivity index (χ0n) is 11.3. The van der Waals surface area contributed by atoms with Crippen LogP contribution < -0.4 is 5.32 Å². The molecule has 0 spiro atoms. The second kappa shape index (κ2) is 11.9. The normalized spacial score (nSPS) is 10.4. The number of hydrogen-bond acceptors (Lipinski definition) is 3. The molecule has 1 aromatic carbocycles. The van der Waals surface area contributed by atoms with E-state index in [-0.39, 0.29) is 10.7 Å². The molecule has 1 rings (SSSR count). The Labute approximate surface area is 140 Å². The van der Waals surface area contributed by atoms with Crippen LogP contribution in [0.15, 0.2) is 18.2 Å². The number of thiocarbonyl (C=S) groups is 1. The Kier molecular flexibility index (Phi) is 12.8. The molecule has 0 fully saturated rings. The Morgan fingerprint density at radius 3 is 1.87 bits per heavy atom. The molecule has 134 valence electrons. The van der Waals surface area contributed by atoms with Crippen molar-refractivity contribution in [1.29, 1.82) is 0 Å². The van der Waals surface area contributed by atoms with E-state index in [0.29, 0.717) is 4.99 Å². The van der Waals surface area contributed by atoms with Gasteiger partial charge in [0, 0.05) is 5.69 Å². The van der Waals surface area contributed by atoms with E-state index >= 15 is 0 Å². The number of halogens is 4. The van der Waals surface area contributed by atoms with E-state index in [0.717, 1.165) is 6.07 Å². The van der Waals surface area contributed by atoms with E-state index in [1.807, 2.05) is 0 Å². The number of alkyl halides is 3. The molecule has 0 saturated heterocycles. The van der Waals surface area contributed by atoms with Crippen molar-refractivity contribution < 1.29 is 41.9 Å². The van der Waals surface area contributed by atoms with Gasteiger partial charge in [0.25, 0.3) is 0 Å². The SMILES string of the molecule is CC(=S)Nc1ccc(Cl)c(C(F)(F)F)c1.O=[PH](O)O.O=[PH](O)O. The summed E-state index contributed by atoms with van der Waals surface area (Å²) in [5.41, 5.74) is -0.593. The van der Waals surface area contributed by atoms with Gasteiger partial charge in [0.15, 0.2) is 0 Å². The molecule has 14 heteroatoms. The predicted molar refractivity (Wildman–Crippen MR) is 85.2 cm³/mol. The van der Waals surface area contributed by atoms with Gasteiger partial charge in [-0.25, -0.2) is 0 Å². The summed E-state index contributed by atoms with van der Waals surface area (Å²) in [6, 6.07) is 3.55. The van der Waals surface area contributed by atoms with E-state index in [1.54, 1.807) is 6.92 Å². The maximum absolute atomic E-state index is 12.4. The van der Waals surface area contributed by atoms with Gasteiger partial charge in [0.1, 0.15) is 0 Å². The van der Waals surface area contributed by atoms with Gasteiger partial charge in [-0.2, -0.15) is 13.2 Å². The van der Waals surface area contributed by atoms with E-state index in [2.05, 4.69) is 5.32 Å². The average Bonchev–Trinajstić information content (AvgIpc) is 2.28. The van der Waals surface area contributed by atoms with Gasteiger partial charge < -0.3 is 24.9 Å². The van der Waals surface area contributed by atoms with Crippen molar-refractivity contribution in [2.24, 2.45) is 0 Å². The monoisotopic (exact) mass is 417 g/mol. The fourth-order valence-electron chi connectivity index (χ4n) is 1.02. The van der Waals surface area contributed by atoms with Crippen LogP contribution in [0.25, 0.3) is 0 Å². The summed E-state index contributed by atoms with van der Waals surface area (Å²) in [6.45, 7) is 1.58. The van der Waals surface area contributed by atoms with Crippen molar-refractivity contribution in [3.63, 3.8) is 0 Å². The largest absolute Gasteiger partial charge is 0.417 e. The zero-order valence-corrected chi connectivity index (χ0v) is 14.8. The molecule has 0 aliphatic heterocycles. The lowest BCUT2D eigenvalue weighted by Crippen LogP contribution is -2.09. The molecule has 0 atom stereocenters. The Bertz CT molecular complexity index is 555. The molecule has 0 amide bonds. The van der Waals surface area contributed by atoms with Gasteiger partial charge in [-0.1, -0.05) is 23.8 Å². The molecule has 0 unspecified atom stereocenters. The number of benzene rings is 1. The summed E-state index contributed by atoms with van der Waals surface area (Å²) in [4.78, 5) is 29.0. The fourth-order valence-corrected chi connectivity index (χ4v) is 1.37. The molecule has 0 radical (unpaired) electrons. The number of hydrogen-bond donors (Lipinski definition) is 5. The van der Waals surface area contributed by atoms with Crippen molar-refractivity contribution in [2.75, 3.05) is 5.32 Å². The third-order valence-corrected chi connectivity index (χ3v) is 2.02. The van der Waals surface area contributed by atoms with E-state index < -0.39 is 28.2 Å². The molecule has 0 bridgehead atoms. The van der Waals surface area contributed by atoms with Crippen LogP contribution in [0.3, 0.4) is 0 Å². The molecule has 0 saturated carbocycles. The highest BCUT2D eigenvalue weighted by Gasteiger charge is 2.33. The van der Waals surface area contributed by atoms with Crippen molar-refractivity contribution in [1.82, 2.24) is 0 Å². The zero-order chi connectivity index (χ0) is 18.8. The minimum atomic E-state index is -4.45. The van der Waals surface area contributed by atoms with Crippen molar-refractivity contribution in [3.8, 4) is 0 Å². The third kappa shape index (κ3) is 16.1. The molecule has 23 heavy (non-hydrogen) atoms. The number of nitrogens with one attached hydrogen (secondary N) is 1. The first-order valence-corrected chi connectivity index (χ1v) is 8.64. The lowest BCUT2D eigenvalue weighted by atomic mass is 10.2. The van der Waals surface area contributed by atoms with E-state index in [4.69, 9.17) is 52.5 Å².